The third kappa shape index (κ3) is 4.17. The lowest BCUT2D eigenvalue weighted by atomic mass is 10.1. The maximum Gasteiger partial charge on any atom is 0.405 e. The van der Waals surface area contributed by atoms with Crippen LogP contribution >= 0.6 is 0 Å². The van der Waals surface area contributed by atoms with Crippen molar-refractivity contribution in [3.8, 4) is 0 Å². The van der Waals surface area contributed by atoms with E-state index in [0.29, 0.717) is 23.9 Å². The number of rotatable bonds is 5. The molecule has 2 N–H and O–H groups in total. The van der Waals surface area contributed by atoms with Crippen molar-refractivity contribution < 1.29 is 21.6 Å². The molecule has 0 bridgehead atoms. The number of sulfonamides is 1. The van der Waals surface area contributed by atoms with E-state index in [4.69, 9.17) is 0 Å². The Morgan fingerprint density at radius 1 is 1.08 bits per heavy atom. The molecule has 0 aliphatic carbocycles. The molecule has 9 heteroatoms. The van der Waals surface area contributed by atoms with Gasteiger partial charge in [-0.1, -0.05) is 36.4 Å². The summed E-state index contributed by atoms with van der Waals surface area (Å²) in [4.78, 5) is 1.25. The molecule has 1 unspecified atom stereocenters. The van der Waals surface area contributed by atoms with Gasteiger partial charge in [0.2, 0.25) is 10.0 Å². The van der Waals surface area contributed by atoms with Gasteiger partial charge in [0, 0.05) is 38.1 Å². The van der Waals surface area contributed by atoms with Crippen molar-refractivity contribution in [2.75, 3.05) is 32.7 Å². The molecular formula is C17H20F3N3O2S. The van der Waals surface area contributed by atoms with Gasteiger partial charge in [-0.2, -0.15) is 13.2 Å². The number of fused-ring (bicyclic) bond motifs is 1. The van der Waals surface area contributed by atoms with Crippen LogP contribution < -0.4 is 10.0 Å². The Hall–Kier alpha value is -1.68. The molecule has 26 heavy (non-hydrogen) atoms. The van der Waals surface area contributed by atoms with Gasteiger partial charge in [-0.15, -0.1) is 0 Å². The van der Waals surface area contributed by atoms with E-state index in [1.165, 1.54) is 11.0 Å². The van der Waals surface area contributed by atoms with Gasteiger partial charge >= 0.3 is 6.18 Å². The van der Waals surface area contributed by atoms with Gasteiger partial charge < -0.3 is 5.32 Å². The molecule has 3 rings (SSSR count). The van der Waals surface area contributed by atoms with Crippen molar-refractivity contribution in [3.63, 3.8) is 0 Å². The Kier molecular flexibility index (Phi) is 5.52. The average molecular weight is 387 g/mol. The van der Waals surface area contributed by atoms with Crippen molar-refractivity contribution in [1.29, 1.82) is 0 Å². The summed E-state index contributed by atoms with van der Waals surface area (Å²) in [5.74, 6) is 0. The SMILES string of the molecule is O=S(=O)(NCC(N1CCNCC1)C(F)(F)F)c1cccc2ccccc12. The lowest BCUT2D eigenvalue weighted by Gasteiger charge is -2.35. The predicted molar refractivity (Wildman–Crippen MR) is 93.4 cm³/mol. The summed E-state index contributed by atoms with van der Waals surface area (Å²) in [6.07, 6.45) is -4.52. The molecule has 5 nitrogen and oxygen atoms in total. The zero-order valence-corrected chi connectivity index (χ0v) is 14.8. The van der Waals surface area contributed by atoms with Crippen LogP contribution in [0, 0.1) is 0 Å². The van der Waals surface area contributed by atoms with Crippen LogP contribution in [0.3, 0.4) is 0 Å². The van der Waals surface area contributed by atoms with Crippen molar-refractivity contribution in [3.05, 3.63) is 42.5 Å². The third-order valence-corrected chi connectivity index (χ3v) is 5.96. The molecule has 1 atom stereocenters. The Morgan fingerprint density at radius 3 is 2.42 bits per heavy atom. The topological polar surface area (TPSA) is 61.4 Å². The van der Waals surface area contributed by atoms with E-state index in [0.717, 1.165) is 0 Å². The lowest BCUT2D eigenvalue weighted by Crippen LogP contribution is -2.57. The second kappa shape index (κ2) is 7.51. The van der Waals surface area contributed by atoms with Crippen molar-refractivity contribution >= 4 is 20.8 Å². The summed E-state index contributed by atoms with van der Waals surface area (Å²) in [5.41, 5.74) is 0. The smallest absolute Gasteiger partial charge is 0.314 e. The highest BCUT2D eigenvalue weighted by Crippen LogP contribution is 2.26. The first kappa shape index (κ1) is 19.1. The Labute approximate surface area is 150 Å². The normalized spacial score (nSPS) is 18.1. The van der Waals surface area contributed by atoms with E-state index in [2.05, 4.69) is 10.0 Å². The van der Waals surface area contributed by atoms with Crippen LogP contribution in [-0.2, 0) is 10.0 Å². The zero-order chi connectivity index (χ0) is 18.8. The highest BCUT2D eigenvalue weighted by Gasteiger charge is 2.44. The first-order valence-corrected chi connectivity index (χ1v) is 9.76. The number of piperazine rings is 1. The van der Waals surface area contributed by atoms with Gasteiger partial charge in [-0.3, -0.25) is 4.90 Å². The summed E-state index contributed by atoms with van der Waals surface area (Å²) in [7, 11) is -4.07. The van der Waals surface area contributed by atoms with Crippen LogP contribution in [-0.4, -0.2) is 58.3 Å². The summed E-state index contributed by atoms with van der Waals surface area (Å²) in [6.45, 7) is 0.626. The lowest BCUT2D eigenvalue weighted by molar-refractivity contribution is -0.182. The van der Waals surface area contributed by atoms with E-state index in [9.17, 15) is 21.6 Å². The van der Waals surface area contributed by atoms with Gasteiger partial charge in [-0.05, 0) is 11.5 Å². The molecule has 0 amide bonds. The van der Waals surface area contributed by atoms with Crippen LogP contribution in [0.4, 0.5) is 13.2 Å². The maximum atomic E-state index is 13.4. The third-order valence-electron chi connectivity index (χ3n) is 4.48. The van der Waals surface area contributed by atoms with E-state index in [-0.39, 0.29) is 18.0 Å². The number of nitrogens with one attached hydrogen (secondary N) is 2. The van der Waals surface area contributed by atoms with E-state index < -0.39 is 28.8 Å². The molecule has 1 saturated heterocycles. The van der Waals surface area contributed by atoms with Crippen molar-refractivity contribution in [2.45, 2.75) is 17.1 Å². The standard InChI is InChI=1S/C17H20F3N3O2S/c18-17(19,20)16(23-10-8-21-9-11-23)12-22-26(24,25)15-7-3-5-13-4-1-2-6-14(13)15/h1-7,16,21-22H,8-12H2. The fourth-order valence-electron chi connectivity index (χ4n) is 3.14. The van der Waals surface area contributed by atoms with Crippen LogP contribution in [0.5, 0.6) is 0 Å². The molecule has 0 aromatic heterocycles. The molecule has 1 aliphatic heterocycles. The summed E-state index contributed by atoms with van der Waals surface area (Å²) in [6, 6.07) is 9.75. The molecule has 1 aliphatic rings. The van der Waals surface area contributed by atoms with E-state index >= 15 is 0 Å². The summed E-state index contributed by atoms with van der Waals surface area (Å²) in [5, 5.41) is 4.18. The molecule has 0 spiro atoms. The molecule has 0 saturated carbocycles. The fourth-order valence-corrected chi connectivity index (χ4v) is 4.41. The van der Waals surface area contributed by atoms with Gasteiger partial charge in [0.15, 0.2) is 0 Å². The molecule has 0 radical (unpaired) electrons. The highest BCUT2D eigenvalue weighted by atomic mass is 32.2. The average Bonchev–Trinajstić information content (AvgIpc) is 2.61. The molecule has 2 aromatic rings. The van der Waals surface area contributed by atoms with Gasteiger partial charge in [-0.25, -0.2) is 13.1 Å². The number of benzene rings is 2. The van der Waals surface area contributed by atoms with Crippen LogP contribution in [0.1, 0.15) is 0 Å². The monoisotopic (exact) mass is 387 g/mol. The molecular weight excluding hydrogens is 367 g/mol. The minimum atomic E-state index is -4.52. The van der Waals surface area contributed by atoms with Crippen LogP contribution in [0.2, 0.25) is 0 Å². The maximum absolute atomic E-state index is 13.4. The highest BCUT2D eigenvalue weighted by molar-refractivity contribution is 7.89. The molecule has 2 aromatic carbocycles. The Morgan fingerprint density at radius 2 is 1.73 bits per heavy atom. The Balaban J connectivity index is 1.83. The van der Waals surface area contributed by atoms with E-state index in [1.54, 1.807) is 36.4 Å². The van der Waals surface area contributed by atoms with Crippen molar-refractivity contribution in [2.24, 2.45) is 0 Å². The number of halogens is 3. The minimum absolute atomic E-state index is 0.0168. The Bertz CT molecular complexity index is 860. The minimum Gasteiger partial charge on any atom is -0.314 e. The van der Waals surface area contributed by atoms with Crippen molar-refractivity contribution in [1.82, 2.24) is 14.9 Å². The largest absolute Gasteiger partial charge is 0.405 e. The quantitative estimate of drug-likeness (QED) is 0.823. The summed E-state index contributed by atoms with van der Waals surface area (Å²) < 4.78 is 67.8. The first-order valence-electron chi connectivity index (χ1n) is 8.28. The van der Waals surface area contributed by atoms with Gasteiger partial charge in [0.25, 0.3) is 0 Å². The fraction of sp³-hybridized carbons (Fsp3) is 0.412. The number of hydrogen-bond donors (Lipinski definition) is 2. The number of nitrogens with zero attached hydrogens (tertiary/aromatic N) is 1. The predicted octanol–water partition coefficient (Wildman–Crippen LogP) is 1.95. The van der Waals surface area contributed by atoms with Gasteiger partial charge in [0.1, 0.15) is 6.04 Å². The second-order valence-corrected chi connectivity index (χ2v) is 7.91. The number of hydrogen-bond acceptors (Lipinski definition) is 4. The zero-order valence-electron chi connectivity index (χ0n) is 14.0. The molecule has 142 valence electrons. The van der Waals surface area contributed by atoms with Crippen LogP contribution in [0.25, 0.3) is 10.8 Å². The second-order valence-electron chi connectivity index (χ2n) is 6.17. The number of alkyl halides is 3. The molecule has 1 heterocycles. The summed E-state index contributed by atoms with van der Waals surface area (Å²) >= 11 is 0. The van der Waals surface area contributed by atoms with Crippen LogP contribution in [0.15, 0.2) is 47.4 Å². The van der Waals surface area contributed by atoms with E-state index in [1.807, 2.05) is 0 Å². The molecule has 1 fully saturated rings. The van der Waals surface area contributed by atoms with Gasteiger partial charge in [0.05, 0.1) is 4.90 Å². The first-order chi connectivity index (χ1) is 12.3.